The molecule has 0 saturated carbocycles. The normalized spacial score (nSPS) is 11.5. The van der Waals surface area contributed by atoms with Crippen LogP contribution in [0.5, 0.6) is 0 Å². The standard InChI is InChI=1S/C18H21NO4S.C12H17NO2.ClH/c1-18(2,17(20)21)15-10-8-14(9-11-15)12-13-19-24(22,23)16-6-4-3-5-7-16;1-12(2,11(14)15)10-5-3-9(4-6-10)7-8-13;/h3-11,19H,12-13H2,1-2H3,(H,20,21);3-6H,7-8,13H2,1-2H3,(H,14,15);1H. The van der Waals surface area contributed by atoms with Gasteiger partial charge in [-0.05, 0) is 81.5 Å². The number of halogens is 1. The molecule has 10 heteroatoms. The maximum absolute atomic E-state index is 12.1. The van der Waals surface area contributed by atoms with Crippen molar-refractivity contribution < 1.29 is 28.2 Å². The summed E-state index contributed by atoms with van der Waals surface area (Å²) >= 11 is 0. The number of hydrogen-bond donors (Lipinski definition) is 4. The van der Waals surface area contributed by atoms with Crippen molar-refractivity contribution in [1.82, 2.24) is 4.72 Å². The third-order valence-corrected chi connectivity index (χ3v) is 8.09. The third kappa shape index (κ3) is 9.45. The Kier molecular flexibility index (Phi) is 13.0. The molecule has 3 rings (SSSR count). The van der Waals surface area contributed by atoms with Gasteiger partial charge in [-0.25, -0.2) is 13.1 Å². The van der Waals surface area contributed by atoms with Gasteiger partial charge in [0.25, 0.3) is 0 Å². The van der Waals surface area contributed by atoms with Gasteiger partial charge < -0.3 is 15.9 Å². The van der Waals surface area contributed by atoms with E-state index in [9.17, 15) is 23.1 Å². The summed E-state index contributed by atoms with van der Waals surface area (Å²) in [6.45, 7) is 7.60. The minimum atomic E-state index is -3.50. The predicted molar refractivity (Wildman–Crippen MR) is 160 cm³/mol. The molecule has 0 heterocycles. The lowest BCUT2D eigenvalue weighted by Gasteiger charge is -2.19. The Morgan fingerprint density at radius 2 is 1.12 bits per heavy atom. The second-order valence-corrected chi connectivity index (χ2v) is 12.0. The molecule has 8 nitrogen and oxygen atoms in total. The van der Waals surface area contributed by atoms with Crippen LogP contribution < -0.4 is 10.5 Å². The zero-order chi connectivity index (χ0) is 29.3. The Balaban J connectivity index is 0.000000432. The molecule has 0 spiro atoms. The average Bonchev–Trinajstić information content (AvgIpc) is 2.90. The van der Waals surface area contributed by atoms with E-state index in [1.165, 1.54) is 0 Å². The molecule has 0 unspecified atom stereocenters. The highest BCUT2D eigenvalue weighted by Crippen LogP contribution is 2.24. The monoisotopic (exact) mass is 590 g/mol. The first-order valence-electron chi connectivity index (χ1n) is 12.6. The fourth-order valence-electron chi connectivity index (χ4n) is 3.60. The van der Waals surface area contributed by atoms with Crippen molar-refractivity contribution in [3.05, 3.63) is 101 Å². The van der Waals surface area contributed by atoms with E-state index < -0.39 is 32.8 Å². The van der Waals surface area contributed by atoms with Crippen LogP contribution in [0.3, 0.4) is 0 Å². The lowest BCUT2D eigenvalue weighted by molar-refractivity contribution is -0.143. The molecule has 5 N–H and O–H groups in total. The smallest absolute Gasteiger partial charge is 0.313 e. The van der Waals surface area contributed by atoms with Gasteiger partial charge in [0.15, 0.2) is 0 Å². The zero-order valence-corrected chi connectivity index (χ0v) is 24.9. The van der Waals surface area contributed by atoms with Crippen LogP contribution in [0.15, 0.2) is 83.8 Å². The van der Waals surface area contributed by atoms with E-state index >= 15 is 0 Å². The highest BCUT2D eigenvalue weighted by Gasteiger charge is 2.29. The van der Waals surface area contributed by atoms with E-state index in [4.69, 9.17) is 10.8 Å². The summed E-state index contributed by atoms with van der Waals surface area (Å²) in [5.74, 6) is -1.69. The van der Waals surface area contributed by atoms with Crippen LogP contribution in [0.4, 0.5) is 0 Å². The fraction of sp³-hybridized carbons (Fsp3) is 0.333. The number of hydrogen-bond acceptors (Lipinski definition) is 5. The average molecular weight is 591 g/mol. The summed E-state index contributed by atoms with van der Waals surface area (Å²) in [5.41, 5.74) is 7.26. The summed E-state index contributed by atoms with van der Waals surface area (Å²) in [6, 6.07) is 23.0. The lowest BCUT2D eigenvalue weighted by atomic mass is 9.84. The van der Waals surface area contributed by atoms with Gasteiger partial charge in [-0.3, -0.25) is 9.59 Å². The van der Waals surface area contributed by atoms with E-state index in [0.29, 0.717) is 18.5 Å². The van der Waals surface area contributed by atoms with Gasteiger partial charge in [-0.15, -0.1) is 12.4 Å². The van der Waals surface area contributed by atoms with Crippen molar-refractivity contribution in [2.45, 2.75) is 56.3 Å². The van der Waals surface area contributed by atoms with Crippen LogP contribution in [0.2, 0.25) is 0 Å². The Bertz CT molecular complexity index is 1340. The van der Waals surface area contributed by atoms with E-state index in [-0.39, 0.29) is 23.8 Å². The molecule has 0 aliphatic heterocycles. The molecule has 0 saturated heterocycles. The van der Waals surface area contributed by atoms with Crippen molar-refractivity contribution >= 4 is 34.4 Å². The minimum absolute atomic E-state index is 0. The van der Waals surface area contributed by atoms with Crippen LogP contribution in [-0.2, 0) is 43.3 Å². The van der Waals surface area contributed by atoms with Crippen molar-refractivity contribution in [2.24, 2.45) is 5.73 Å². The Morgan fingerprint density at radius 3 is 1.50 bits per heavy atom. The number of nitrogens with two attached hydrogens (primary N) is 1. The Morgan fingerprint density at radius 1 is 0.725 bits per heavy atom. The van der Waals surface area contributed by atoms with Crippen LogP contribution in [-0.4, -0.2) is 43.7 Å². The van der Waals surface area contributed by atoms with E-state index in [1.807, 2.05) is 36.4 Å². The molecule has 0 aliphatic carbocycles. The second-order valence-electron chi connectivity index (χ2n) is 10.3. The number of aliphatic carboxylic acids is 2. The van der Waals surface area contributed by atoms with Crippen molar-refractivity contribution in [3.63, 3.8) is 0 Å². The number of rotatable bonds is 11. The van der Waals surface area contributed by atoms with Crippen molar-refractivity contribution in [2.75, 3.05) is 13.1 Å². The molecule has 0 fully saturated rings. The summed E-state index contributed by atoms with van der Waals surface area (Å²) in [4.78, 5) is 22.5. The van der Waals surface area contributed by atoms with Gasteiger partial charge >= 0.3 is 11.9 Å². The molecule has 218 valence electrons. The number of carboxylic acids is 2. The van der Waals surface area contributed by atoms with Gasteiger partial charge in [0.2, 0.25) is 10.0 Å². The van der Waals surface area contributed by atoms with Gasteiger partial charge in [0, 0.05) is 6.54 Å². The molecule has 0 aromatic heterocycles. The first-order chi connectivity index (χ1) is 18.2. The predicted octanol–water partition coefficient (Wildman–Crippen LogP) is 4.54. The lowest BCUT2D eigenvalue weighted by Crippen LogP contribution is -2.28. The SMILES string of the molecule is CC(C)(C(=O)O)c1ccc(CCN)cc1.CC(C)(C(=O)O)c1ccc(CCNS(=O)(=O)c2ccccc2)cc1.Cl. The van der Waals surface area contributed by atoms with E-state index in [0.717, 1.165) is 23.1 Å². The molecular formula is C30H39ClN2O6S. The summed E-state index contributed by atoms with van der Waals surface area (Å²) in [7, 11) is -3.50. The van der Waals surface area contributed by atoms with Crippen LogP contribution in [0.25, 0.3) is 0 Å². The molecule has 40 heavy (non-hydrogen) atoms. The number of carboxylic acid groups (broad SMARTS) is 2. The topological polar surface area (TPSA) is 147 Å². The van der Waals surface area contributed by atoms with Gasteiger partial charge in [-0.2, -0.15) is 0 Å². The maximum Gasteiger partial charge on any atom is 0.313 e. The zero-order valence-electron chi connectivity index (χ0n) is 23.3. The van der Waals surface area contributed by atoms with Crippen molar-refractivity contribution in [3.8, 4) is 0 Å². The van der Waals surface area contributed by atoms with Gasteiger partial charge in [0.05, 0.1) is 15.7 Å². The first kappa shape index (κ1) is 34.8. The second kappa shape index (κ2) is 14.9. The summed E-state index contributed by atoms with van der Waals surface area (Å²) < 4.78 is 26.8. The number of carbonyl (C=O) groups is 2. The molecule has 0 amide bonds. The number of nitrogens with one attached hydrogen (secondary N) is 1. The fourth-order valence-corrected chi connectivity index (χ4v) is 4.66. The minimum Gasteiger partial charge on any atom is -0.481 e. The summed E-state index contributed by atoms with van der Waals surface area (Å²) in [5, 5.41) is 18.3. The van der Waals surface area contributed by atoms with Crippen LogP contribution in [0.1, 0.15) is 49.9 Å². The van der Waals surface area contributed by atoms with Crippen LogP contribution in [0, 0.1) is 0 Å². The third-order valence-electron chi connectivity index (χ3n) is 6.61. The molecule has 3 aromatic rings. The first-order valence-corrected chi connectivity index (χ1v) is 14.1. The highest BCUT2D eigenvalue weighted by molar-refractivity contribution is 7.89. The van der Waals surface area contributed by atoms with E-state index in [2.05, 4.69) is 4.72 Å². The van der Waals surface area contributed by atoms with Crippen LogP contribution >= 0.6 is 12.4 Å². The molecule has 0 atom stereocenters. The molecule has 0 radical (unpaired) electrons. The van der Waals surface area contributed by atoms with E-state index in [1.54, 1.807) is 70.2 Å². The molecule has 0 aliphatic rings. The maximum atomic E-state index is 12.1. The number of sulfonamides is 1. The molecular weight excluding hydrogens is 552 g/mol. The summed E-state index contributed by atoms with van der Waals surface area (Å²) in [6.07, 6.45) is 1.35. The number of benzene rings is 3. The molecule has 3 aromatic carbocycles. The van der Waals surface area contributed by atoms with Gasteiger partial charge in [-0.1, -0.05) is 66.7 Å². The van der Waals surface area contributed by atoms with Gasteiger partial charge in [0.1, 0.15) is 0 Å². The largest absolute Gasteiger partial charge is 0.481 e. The Hall–Kier alpha value is -3.24. The Labute approximate surface area is 243 Å². The molecule has 0 bridgehead atoms. The van der Waals surface area contributed by atoms with Crippen molar-refractivity contribution in [1.29, 1.82) is 0 Å². The quantitative estimate of drug-likeness (QED) is 0.256. The highest BCUT2D eigenvalue weighted by atomic mass is 35.5.